The molecular weight excluding hydrogens is 300 g/mol. The summed E-state index contributed by atoms with van der Waals surface area (Å²) in [5, 5.41) is 11.6. The molecule has 1 N–H and O–H groups in total. The predicted molar refractivity (Wildman–Crippen MR) is 95.4 cm³/mol. The monoisotopic (exact) mass is 334 g/mol. The predicted octanol–water partition coefficient (Wildman–Crippen LogP) is 4.49. The highest BCUT2D eigenvalue weighted by atomic mass is 16.5. The van der Waals surface area contributed by atoms with Crippen LogP contribution in [0.5, 0.6) is 0 Å². The van der Waals surface area contributed by atoms with Crippen LogP contribution in [0.1, 0.15) is 72.1 Å². The molecule has 0 bridgehead atoms. The lowest BCUT2D eigenvalue weighted by Crippen LogP contribution is -2.62. The number of ether oxygens (including phenoxy) is 1. The van der Waals surface area contributed by atoms with Crippen molar-refractivity contribution in [2.24, 2.45) is 28.1 Å². The van der Waals surface area contributed by atoms with E-state index in [0.717, 1.165) is 44.9 Å². The third kappa shape index (κ3) is 2.64. The summed E-state index contributed by atoms with van der Waals surface area (Å²) in [6.07, 6.45) is 10.5. The zero-order valence-electron chi connectivity index (χ0n) is 15.6. The molecule has 0 amide bonds. The minimum absolute atomic E-state index is 0.0500. The second-order valence-electron chi connectivity index (χ2n) is 9.74. The summed E-state index contributed by atoms with van der Waals surface area (Å²) >= 11 is 0. The standard InChI is InChI=1S/C21H34O3/c1-5-18(2)11-7-17-20(4)10-6-9-19(3,14-24-15-22)16(20)8-12-21(17,23)13-18/h5,15-17,23H,1,6-14H2,2-4H3. The number of hydrogen-bond acceptors (Lipinski definition) is 3. The zero-order chi connectivity index (χ0) is 17.6. The van der Waals surface area contributed by atoms with Gasteiger partial charge >= 0.3 is 0 Å². The normalized spacial score (nSPS) is 51.2. The average Bonchev–Trinajstić information content (AvgIpc) is 2.52. The van der Waals surface area contributed by atoms with Gasteiger partial charge in [-0.3, -0.25) is 4.79 Å². The Kier molecular flexibility index (Phi) is 4.39. The van der Waals surface area contributed by atoms with Crippen molar-refractivity contribution >= 4 is 6.47 Å². The first kappa shape index (κ1) is 18.0. The van der Waals surface area contributed by atoms with E-state index in [2.05, 4.69) is 33.4 Å². The molecule has 0 spiro atoms. The maximum atomic E-state index is 11.6. The van der Waals surface area contributed by atoms with Gasteiger partial charge in [-0.15, -0.1) is 6.58 Å². The lowest BCUT2D eigenvalue weighted by Gasteiger charge is -2.64. The highest BCUT2D eigenvalue weighted by Gasteiger charge is 2.62. The summed E-state index contributed by atoms with van der Waals surface area (Å²) in [6.45, 7) is 12.1. The van der Waals surface area contributed by atoms with Crippen molar-refractivity contribution in [3.63, 3.8) is 0 Å². The topological polar surface area (TPSA) is 46.5 Å². The van der Waals surface area contributed by atoms with Gasteiger partial charge in [0.1, 0.15) is 0 Å². The molecule has 3 heteroatoms. The number of fused-ring (bicyclic) bond motifs is 3. The maximum absolute atomic E-state index is 11.6. The number of carbonyl (C=O) groups is 1. The van der Waals surface area contributed by atoms with Gasteiger partial charge in [0.2, 0.25) is 0 Å². The van der Waals surface area contributed by atoms with Crippen LogP contribution in [0.15, 0.2) is 12.7 Å². The fraction of sp³-hybridized carbons (Fsp3) is 0.857. The van der Waals surface area contributed by atoms with Crippen molar-refractivity contribution in [2.45, 2.75) is 77.7 Å². The molecule has 0 aliphatic heterocycles. The van der Waals surface area contributed by atoms with E-state index in [4.69, 9.17) is 4.74 Å². The fourth-order valence-electron chi connectivity index (χ4n) is 6.94. The van der Waals surface area contributed by atoms with Crippen molar-refractivity contribution in [1.29, 1.82) is 0 Å². The number of hydrogen-bond donors (Lipinski definition) is 1. The van der Waals surface area contributed by atoms with E-state index in [1.807, 2.05) is 0 Å². The lowest BCUT2D eigenvalue weighted by atomic mass is 9.42. The number of rotatable bonds is 4. The summed E-state index contributed by atoms with van der Waals surface area (Å²) in [5.74, 6) is 0.879. The van der Waals surface area contributed by atoms with Gasteiger partial charge in [0.25, 0.3) is 6.47 Å². The molecule has 6 atom stereocenters. The molecule has 0 heterocycles. The third-order valence-electron chi connectivity index (χ3n) is 8.10. The van der Waals surface area contributed by atoms with E-state index >= 15 is 0 Å². The van der Waals surface area contributed by atoms with E-state index in [0.29, 0.717) is 24.9 Å². The molecule has 3 aliphatic carbocycles. The molecule has 0 aromatic carbocycles. The fourth-order valence-corrected chi connectivity index (χ4v) is 6.94. The van der Waals surface area contributed by atoms with Crippen molar-refractivity contribution in [1.82, 2.24) is 0 Å². The van der Waals surface area contributed by atoms with Gasteiger partial charge in [-0.2, -0.15) is 0 Å². The van der Waals surface area contributed by atoms with Crippen molar-refractivity contribution in [2.75, 3.05) is 6.61 Å². The quantitative estimate of drug-likeness (QED) is 0.608. The third-order valence-corrected chi connectivity index (χ3v) is 8.10. The van der Waals surface area contributed by atoms with Crippen molar-refractivity contribution in [3.05, 3.63) is 12.7 Å². The van der Waals surface area contributed by atoms with E-state index < -0.39 is 5.60 Å². The molecule has 24 heavy (non-hydrogen) atoms. The first-order valence-electron chi connectivity index (χ1n) is 9.63. The molecule has 3 nitrogen and oxygen atoms in total. The van der Waals surface area contributed by atoms with E-state index in [1.54, 1.807) is 0 Å². The Morgan fingerprint density at radius 1 is 1.12 bits per heavy atom. The highest BCUT2D eigenvalue weighted by Crippen LogP contribution is 2.66. The number of carbonyl (C=O) groups excluding carboxylic acids is 1. The minimum Gasteiger partial charge on any atom is -0.467 e. The Labute approximate surface area is 146 Å². The van der Waals surface area contributed by atoms with Gasteiger partial charge in [0.15, 0.2) is 0 Å². The van der Waals surface area contributed by atoms with Crippen LogP contribution >= 0.6 is 0 Å². The van der Waals surface area contributed by atoms with Crippen LogP contribution in [0.3, 0.4) is 0 Å². The van der Waals surface area contributed by atoms with Gasteiger partial charge in [-0.25, -0.2) is 0 Å². The molecule has 3 fully saturated rings. The Bertz CT molecular complexity index is 517. The molecule has 0 aromatic heterocycles. The Morgan fingerprint density at radius 3 is 2.50 bits per heavy atom. The minimum atomic E-state index is -0.559. The summed E-state index contributed by atoms with van der Waals surface area (Å²) in [7, 11) is 0. The Balaban J connectivity index is 1.90. The Hall–Kier alpha value is -0.830. The second kappa shape index (κ2) is 5.86. The van der Waals surface area contributed by atoms with Crippen LogP contribution in [0.4, 0.5) is 0 Å². The summed E-state index contributed by atoms with van der Waals surface area (Å²) in [4.78, 5) is 10.7. The molecule has 136 valence electrons. The summed E-state index contributed by atoms with van der Waals surface area (Å²) < 4.78 is 5.23. The average molecular weight is 335 g/mol. The van der Waals surface area contributed by atoms with Crippen LogP contribution in [0.2, 0.25) is 0 Å². The van der Waals surface area contributed by atoms with Crippen LogP contribution in [0, 0.1) is 28.1 Å². The molecule has 0 aromatic rings. The lowest BCUT2D eigenvalue weighted by molar-refractivity contribution is -0.211. The molecule has 0 radical (unpaired) electrons. The first-order chi connectivity index (χ1) is 11.2. The van der Waals surface area contributed by atoms with Gasteiger partial charge < -0.3 is 9.84 Å². The SMILES string of the molecule is C=CC1(C)CCC2C(O)(CCC3C(C)(COC=O)CCCC32C)C1. The van der Waals surface area contributed by atoms with Crippen LogP contribution in [0.25, 0.3) is 0 Å². The first-order valence-corrected chi connectivity index (χ1v) is 9.63. The van der Waals surface area contributed by atoms with Crippen LogP contribution in [-0.4, -0.2) is 23.8 Å². The van der Waals surface area contributed by atoms with E-state index in [1.165, 1.54) is 6.42 Å². The van der Waals surface area contributed by atoms with Gasteiger partial charge in [0.05, 0.1) is 12.2 Å². The molecule has 0 saturated heterocycles. The van der Waals surface area contributed by atoms with E-state index in [-0.39, 0.29) is 16.2 Å². The molecular formula is C21H34O3. The van der Waals surface area contributed by atoms with E-state index in [9.17, 15) is 9.90 Å². The highest BCUT2D eigenvalue weighted by molar-refractivity contribution is 5.37. The number of aliphatic hydroxyl groups is 1. The smallest absolute Gasteiger partial charge is 0.293 e. The molecule has 3 aliphatic rings. The molecule has 6 unspecified atom stereocenters. The largest absolute Gasteiger partial charge is 0.467 e. The molecule has 3 rings (SSSR count). The molecule has 3 saturated carbocycles. The van der Waals surface area contributed by atoms with Gasteiger partial charge in [0, 0.05) is 5.41 Å². The van der Waals surface area contributed by atoms with Crippen LogP contribution in [-0.2, 0) is 9.53 Å². The maximum Gasteiger partial charge on any atom is 0.293 e. The Morgan fingerprint density at radius 2 is 1.83 bits per heavy atom. The number of allylic oxidation sites excluding steroid dienone is 1. The van der Waals surface area contributed by atoms with Crippen LogP contribution < -0.4 is 0 Å². The second-order valence-corrected chi connectivity index (χ2v) is 9.74. The van der Waals surface area contributed by atoms with Crippen molar-refractivity contribution in [3.8, 4) is 0 Å². The van der Waals surface area contributed by atoms with Crippen molar-refractivity contribution < 1.29 is 14.6 Å². The summed E-state index contributed by atoms with van der Waals surface area (Å²) in [5.41, 5.74) is -0.299. The van der Waals surface area contributed by atoms with Gasteiger partial charge in [-0.1, -0.05) is 33.3 Å². The van der Waals surface area contributed by atoms with Gasteiger partial charge in [-0.05, 0) is 67.6 Å². The zero-order valence-corrected chi connectivity index (χ0v) is 15.6. The summed E-state index contributed by atoms with van der Waals surface area (Å²) in [6, 6.07) is 0.